The zero-order chi connectivity index (χ0) is 14.6. The Morgan fingerprint density at radius 2 is 1.86 bits per heavy atom. The van der Waals surface area contributed by atoms with Crippen molar-refractivity contribution < 1.29 is 4.79 Å². The molecule has 3 heteroatoms. The first-order chi connectivity index (χ1) is 10.1. The molecule has 1 N–H and O–H groups in total. The minimum atomic E-state index is -0.427. The fraction of sp³-hybridized carbons (Fsp3) is 0.278. The number of rotatable bonds is 1. The van der Waals surface area contributed by atoms with E-state index in [-0.39, 0.29) is 11.9 Å². The second kappa shape index (κ2) is 4.10. The van der Waals surface area contributed by atoms with Crippen LogP contribution in [-0.2, 0) is 4.79 Å². The van der Waals surface area contributed by atoms with Crippen LogP contribution in [0.3, 0.4) is 0 Å². The van der Waals surface area contributed by atoms with E-state index in [1.807, 2.05) is 25.1 Å². The van der Waals surface area contributed by atoms with Gasteiger partial charge >= 0.3 is 0 Å². The van der Waals surface area contributed by atoms with Crippen molar-refractivity contribution in [1.82, 2.24) is 0 Å². The Kier molecular flexibility index (Phi) is 2.43. The second-order valence-electron chi connectivity index (χ2n) is 6.25. The summed E-state index contributed by atoms with van der Waals surface area (Å²) in [6.45, 7) is 4.13. The Morgan fingerprint density at radius 3 is 2.62 bits per heavy atom. The summed E-state index contributed by atoms with van der Waals surface area (Å²) in [7, 11) is 0. The zero-order valence-corrected chi connectivity index (χ0v) is 12.3. The minimum Gasteiger partial charge on any atom is -0.348 e. The molecule has 21 heavy (non-hydrogen) atoms. The molecule has 1 saturated heterocycles. The summed E-state index contributed by atoms with van der Waals surface area (Å²) in [5.74, 6) is 0.101. The van der Waals surface area contributed by atoms with E-state index in [1.54, 1.807) is 0 Å². The highest BCUT2D eigenvalue weighted by Gasteiger charge is 2.56. The van der Waals surface area contributed by atoms with Gasteiger partial charge in [0.25, 0.3) is 0 Å². The lowest BCUT2D eigenvalue weighted by Crippen LogP contribution is -2.68. The SMILES string of the molecule is Cc1ccc([C@H]2C[C@]3(C)C(=O)Nc4ccccc4N23)cc1. The molecular weight excluding hydrogens is 260 g/mol. The molecule has 0 aliphatic carbocycles. The molecule has 2 aromatic rings. The lowest BCUT2D eigenvalue weighted by atomic mass is 9.74. The predicted molar refractivity (Wildman–Crippen MR) is 84.5 cm³/mol. The maximum atomic E-state index is 12.4. The fourth-order valence-electron chi connectivity index (χ4n) is 3.54. The largest absolute Gasteiger partial charge is 0.348 e. The van der Waals surface area contributed by atoms with Crippen LogP contribution in [-0.4, -0.2) is 11.4 Å². The van der Waals surface area contributed by atoms with Gasteiger partial charge in [0.05, 0.1) is 17.4 Å². The third-order valence-corrected chi connectivity index (χ3v) is 4.80. The average molecular weight is 278 g/mol. The van der Waals surface area contributed by atoms with E-state index in [0.29, 0.717) is 0 Å². The molecule has 2 aromatic carbocycles. The van der Waals surface area contributed by atoms with Gasteiger partial charge in [0.15, 0.2) is 0 Å². The number of nitrogens with one attached hydrogen (secondary N) is 1. The number of benzene rings is 2. The molecule has 106 valence electrons. The number of hydrogen-bond donors (Lipinski definition) is 1. The molecule has 0 radical (unpaired) electrons. The van der Waals surface area contributed by atoms with E-state index in [9.17, 15) is 4.79 Å². The summed E-state index contributed by atoms with van der Waals surface area (Å²) in [6.07, 6.45) is 0.857. The quantitative estimate of drug-likeness (QED) is 0.863. The summed E-state index contributed by atoms with van der Waals surface area (Å²) in [4.78, 5) is 14.7. The van der Waals surface area contributed by atoms with Gasteiger partial charge in [-0.3, -0.25) is 4.79 Å². The van der Waals surface area contributed by atoms with Crippen molar-refractivity contribution in [2.75, 3.05) is 10.2 Å². The molecule has 0 bridgehead atoms. The molecule has 2 heterocycles. The Morgan fingerprint density at radius 1 is 1.14 bits per heavy atom. The molecular formula is C18H18N2O. The molecule has 0 aromatic heterocycles. The number of anilines is 2. The highest BCUT2D eigenvalue weighted by molar-refractivity contribution is 6.08. The predicted octanol–water partition coefficient (Wildman–Crippen LogP) is 3.66. The van der Waals surface area contributed by atoms with Gasteiger partial charge < -0.3 is 10.2 Å². The van der Waals surface area contributed by atoms with Crippen LogP contribution in [0.25, 0.3) is 0 Å². The van der Waals surface area contributed by atoms with Crippen LogP contribution < -0.4 is 10.2 Å². The maximum Gasteiger partial charge on any atom is 0.250 e. The molecule has 3 nitrogen and oxygen atoms in total. The normalized spacial score (nSPS) is 26.5. The van der Waals surface area contributed by atoms with Crippen molar-refractivity contribution in [3.63, 3.8) is 0 Å². The number of amides is 1. The van der Waals surface area contributed by atoms with Crippen LogP contribution in [0, 0.1) is 6.92 Å². The van der Waals surface area contributed by atoms with E-state index < -0.39 is 5.54 Å². The second-order valence-corrected chi connectivity index (χ2v) is 6.25. The molecule has 1 fully saturated rings. The van der Waals surface area contributed by atoms with Crippen molar-refractivity contribution in [3.05, 3.63) is 59.7 Å². The number of fused-ring (bicyclic) bond motifs is 3. The van der Waals surface area contributed by atoms with E-state index >= 15 is 0 Å². The molecule has 2 atom stereocenters. The highest BCUT2D eigenvalue weighted by atomic mass is 16.2. The Balaban J connectivity index is 1.79. The average Bonchev–Trinajstić information content (AvgIpc) is 2.46. The standard InChI is InChI=1S/C18H18N2O/c1-12-7-9-13(10-8-12)16-11-18(2)17(21)19-14-5-3-4-6-15(14)20(16)18/h3-10,16H,11H2,1-2H3,(H,19,21)/t16-,18-/m1/s1. The number of carbonyl (C=O) groups is 1. The van der Waals surface area contributed by atoms with Gasteiger partial charge in [0.2, 0.25) is 5.91 Å². The van der Waals surface area contributed by atoms with Crippen LogP contribution in [0.15, 0.2) is 48.5 Å². The van der Waals surface area contributed by atoms with Crippen molar-refractivity contribution in [2.45, 2.75) is 31.8 Å². The summed E-state index contributed by atoms with van der Waals surface area (Å²) < 4.78 is 0. The van der Waals surface area contributed by atoms with E-state index in [0.717, 1.165) is 17.8 Å². The molecule has 2 aliphatic rings. The van der Waals surface area contributed by atoms with Crippen LogP contribution in [0.4, 0.5) is 11.4 Å². The van der Waals surface area contributed by atoms with Gasteiger partial charge in [0.1, 0.15) is 5.54 Å². The Hall–Kier alpha value is -2.29. The van der Waals surface area contributed by atoms with Crippen LogP contribution in [0.1, 0.15) is 30.5 Å². The summed E-state index contributed by atoms with van der Waals surface area (Å²) in [5, 5.41) is 3.03. The summed E-state index contributed by atoms with van der Waals surface area (Å²) in [5.41, 5.74) is 4.15. The van der Waals surface area contributed by atoms with Crippen LogP contribution in [0.2, 0.25) is 0 Å². The van der Waals surface area contributed by atoms with Gasteiger partial charge in [-0.15, -0.1) is 0 Å². The third kappa shape index (κ3) is 1.63. The van der Waals surface area contributed by atoms with E-state index in [4.69, 9.17) is 0 Å². The first-order valence-electron chi connectivity index (χ1n) is 7.36. The highest BCUT2D eigenvalue weighted by Crippen LogP contribution is 2.54. The molecule has 4 rings (SSSR count). The number of para-hydroxylation sites is 2. The lowest BCUT2D eigenvalue weighted by Gasteiger charge is -2.59. The van der Waals surface area contributed by atoms with Crippen molar-refractivity contribution >= 4 is 17.3 Å². The smallest absolute Gasteiger partial charge is 0.250 e. The minimum absolute atomic E-state index is 0.101. The summed E-state index contributed by atoms with van der Waals surface area (Å²) in [6, 6.07) is 17.0. The van der Waals surface area contributed by atoms with Crippen molar-refractivity contribution in [2.24, 2.45) is 0 Å². The van der Waals surface area contributed by atoms with Crippen LogP contribution in [0.5, 0.6) is 0 Å². The lowest BCUT2D eigenvalue weighted by molar-refractivity contribution is -0.124. The van der Waals surface area contributed by atoms with Gasteiger partial charge in [-0.25, -0.2) is 0 Å². The van der Waals surface area contributed by atoms with Crippen molar-refractivity contribution in [3.8, 4) is 0 Å². The number of carbonyl (C=O) groups excluding carboxylic acids is 1. The first kappa shape index (κ1) is 12.5. The molecule has 0 spiro atoms. The van der Waals surface area contributed by atoms with Gasteiger partial charge in [-0.05, 0) is 31.5 Å². The van der Waals surface area contributed by atoms with E-state index in [1.165, 1.54) is 11.1 Å². The first-order valence-corrected chi connectivity index (χ1v) is 7.36. The number of nitrogens with zero attached hydrogens (tertiary/aromatic N) is 1. The number of hydrogen-bond acceptors (Lipinski definition) is 2. The Bertz CT molecular complexity index is 722. The molecule has 0 unspecified atom stereocenters. The topological polar surface area (TPSA) is 32.3 Å². The van der Waals surface area contributed by atoms with Gasteiger partial charge in [-0.2, -0.15) is 0 Å². The molecule has 2 aliphatic heterocycles. The van der Waals surface area contributed by atoms with E-state index in [2.05, 4.69) is 47.5 Å². The Labute approximate surface area is 124 Å². The van der Waals surface area contributed by atoms with Crippen molar-refractivity contribution in [1.29, 1.82) is 0 Å². The van der Waals surface area contributed by atoms with Gasteiger partial charge in [-0.1, -0.05) is 42.0 Å². The number of aryl methyl sites for hydroxylation is 1. The van der Waals surface area contributed by atoms with Crippen LogP contribution >= 0.6 is 0 Å². The fourth-order valence-corrected chi connectivity index (χ4v) is 3.54. The molecule has 0 saturated carbocycles. The monoisotopic (exact) mass is 278 g/mol. The third-order valence-electron chi connectivity index (χ3n) is 4.80. The summed E-state index contributed by atoms with van der Waals surface area (Å²) >= 11 is 0. The zero-order valence-electron chi connectivity index (χ0n) is 12.3. The van der Waals surface area contributed by atoms with Gasteiger partial charge in [0, 0.05) is 6.42 Å². The maximum absolute atomic E-state index is 12.4. The molecule has 1 amide bonds.